The molecule has 0 aliphatic carbocycles. The first-order valence-corrected chi connectivity index (χ1v) is 5.79. The van der Waals surface area contributed by atoms with E-state index in [1.54, 1.807) is 20.8 Å². The minimum atomic E-state index is -4.82. The van der Waals surface area contributed by atoms with Gasteiger partial charge in [-0.2, -0.15) is 13.2 Å². The third-order valence-electron chi connectivity index (χ3n) is 2.88. The van der Waals surface area contributed by atoms with E-state index in [9.17, 15) is 22.8 Å². The second kappa shape index (κ2) is 5.79. The van der Waals surface area contributed by atoms with E-state index in [1.807, 2.05) is 0 Å². The standard InChI is InChI=1S/C12H19F3O4/c1-6-10(3,4)9(17)18-7-11(5,12(13,14)15)19-8(2)16/h6-7H2,1-5H3. The largest absolute Gasteiger partial charge is 0.461 e. The van der Waals surface area contributed by atoms with E-state index >= 15 is 0 Å². The van der Waals surface area contributed by atoms with Crippen LogP contribution in [0.4, 0.5) is 13.2 Å². The summed E-state index contributed by atoms with van der Waals surface area (Å²) in [5, 5.41) is 0. The van der Waals surface area contributed by atoms with Crippen LogP contribution in [0.25, 0.3) is 0 Å². The van der Waals surface area contributed by atoms with Gasteiger partial charge in [0, 0.05) is 6.92 Å². The topological polar surface area (TPSA) is 52.6 Å². The molecule has 0 saturated carbocycles. The van der Waals surface area contributed by atoms with Gasteiger partial charge in [0.1, 0.15) is 6.61 Å². The highest BCUT2D eigenvalue weighted by molar-refractivity contribution is 5.75. The lowest BCUT2D eigenvalue weighted by atomic mass is 9.90. The van der Waals surface area contributed by atoms with Crippen molar-refractivity contribution in [2.24, 2.45) is 5.41 Å². The molecular weight excluding hydrogens is 265 g/mol. The second-order valence-electron chi connectivity index (χ2n) is 5.14. The Labute approximate surface area is 110 Å². The van der Waals surface area contributed by atoms with Gasteiger partial charge in [0.15, 0.2) is 0 Å². The van der Waals surface area contributed by atoms with Crippen LogP contribution >= 0.6 is 0 Å². The molecule has 0 aliphatic heterocycles. The first-order chi connectivity index (χ1) is 8.35. The van der Waals surface area contributed by atoms with Gasteiger partial charge in [-0.05, 0) is 27.2 Å². The smallest absolute Gasteiger partial charge is 0.431 e. The molecule has 0 spiro atoms. The first kappa shape index (κ1) is 17.7. The van der Waals surface area contributed by atoms with Crippen LogP contribution in [0.3, 0.4) is 0 Å². The molecule has 0 saturated heterocycles. The Bertz CT molecular complexity index is 349. The molecule has 0 radical (unpaired) electrons. The maximum atomic E-state index is 12.8. The quantitative estimate of drug-likeness (QED) is 0.728. The molecule has 0 heterocycles. The van der Waals surface area contributed by atoms with Crippen molar-refractivity contribution >= 4 is 11.9 Å². The normalized spacial score (nSPS) is 15.6. The Kier molecular flexibility index (Phi) is 5.41. The van der Waals surface area contributed by atoms with Gasteiger partial charge in [0.05, 0.1) is 5.41 Å². The minimum Gasteiger partial charge on any atom is -0.461 e. The molecule has 19 heavy (non-hydrogen) atoms. The summed E-state index contributed by atoms with van der Waals surface area (Å²) >= 11 is 0. The molecule has 0 aromatic rings. The minimum absolute atomic E-state index is 0.419. The lowest BCUT2D eigenvalue weighted by molar-refractivity contribution is -0.275. The maximum Gasteiger partial charge on any atom is 0.431 e. The molecule has 7 heteroatoms. The summed E-state index contributed by atoms with van der Waals surface area (Å²) in [4.78, 5) is 22.4. The summed E-state index contributed by atoms with van der Waals surface area (Å²) in [5.41, 5.74) is -3.72. The predicted octanol–water partition coefficient (Wildman–Crippen LogP) is 2.85. The molecule has 4 nitrogen and oxygen atoms in total. The van der Waals surface area contributed by atoms with Crippen molar-refractivity contribution in [1.82, 2.24) is 0 Å². The summed E-state index contributed by atoms with van der Waals surface area (Å²) in [6, 6.07) is 0. The third kappa shape index (κ3) is 4.72. The molecular formula is C12H19F3O4. The van der Waals surface area contributed by atoms with Crippen molar-refractivity contribution in [3.63, 3.8) is 0 Å². The van der Waals surface area contributed by atoms with Gasteiger partial charge in [-0.1, -0.05) is 6.92 Å². The molecule has 0 fully saturated rings. The van der Waals surface area contributed by atoms with Crippen LogP contribution in [0.5, 0.6) is 0 Å². The lowest BCUT2D eigenvalue weighted by Crippen LogP contribution is -2.50. The molecule has 0 bridgehead atoms. The van der Waals surface area contributed by atoms with Gasteiger partial charge in [-0.15, -0.1) is 0 Å². The zero-order chi connectivity index (χ0) is 15.5. The van der Waals surface area contributed by atoms with Crippen LogP contribution in [-0.4, -0.2) is 30.3 Å². The first-order valence-electron chi connectivity index (χ1n) is 5.79. The number of rotatable bonds is 5. The van der Waals surface area contributed by atoms with Crippen LogP contribution < -0.4 is 0 Å². The van der Waals surface area contributed by atoms with Crippen LogP contribution in [-0.2, 0) is 19.1 Å². The van der Waals surface area contributed by atoms with E-state index in [-0.39, 0.29) is 0 Å². The number of hydrogen-bond donors (Lipinski definition) is 0. The highest BCUT2D eigenvalue weighted by atomic mass is 19.4. The van der Waals surface area contributed by atoms with Gasteiger partial charge >= 0.3 is 18.1 Å². The number of carbonyl (C=O) groups excluding carboxylic acids is 2. The van der Waals surface area contributed by atoms with E-state index in [1.165, 1.54) is 0 Å². The molecule has 0 N–H and O–H groups in total. The fourth-order valence-corrected chi connectivity index (χ4v) is 1.03. The van der Waals surface area contributed by atoms with Crippen molar-refractivity contribution in [2.75, 3.05) is 6.61 Å². The third-order valence-corrected chi connectivity index (χ3v) is 2.88. The summed E-state index contributed by atoms with van der Waals surface area (Å²) in [6.45, 7) is 5.31. The van der Waals surface area contributed by atoms with Gasteiger partial charge in [0.25, 0.3) is 0 Å². The zero-order valence-electron chi connectivity index (χ0n) is 11.7. The predicted molar refractivity (Wildman–Crippen MR) is 61.3 cm³/mol. The molecule has 1 unspecified atom stereocenters. The van der Waals surface area contributed by atoms with Crippen LogP contribution in [0, 0.1) is 5.41 Å². The fourth-order valence-electron chi connectivity index (χ4n) is 1.03. The maximum absolute atomic E-state index is 12.8. The van der Waals surface area contributed by atoms with Crippen LogP contribution in [0.2, 0.25) is 0 Å². The average Bonchev–Trinajstić information content (AvgIpc) is 2.23. The number of halogens is 3. The highest BCUT2D eigenvalue weighted by Gasteiger charge is 2.55. The molecule has 0 rings (SSSR count). The Morgan fingerprint density at radius 3 is 1.89 bits per heavy atom. The SMILES string of the molecule is CCC(C)(C)C(=O)OCC(C)(OC(C)=O)C(F)(F)F. The van der Waals surface area contributed by atoms with E-state index in [4.69, 9.17) is 0 Å². The Morgan fingerprint density at radius 1 is 1.11 bits per heavy atom. The van der Waals surface area contributed by atoms with E-state index in [0.29, 0.717) is 13.3 Å². The summed E-state index contributed by atoms with van der Waals surface area (Å²) in [5.74, 6) is -1.86. The van der Waals surface area contributed by atoms with Crippen molar-refractivity contribution < 1.29 is 32.2 Å². The van der Waals surface area contributed by atoms with Crippen molar-refractivity contribution in [1.29, 1.82) is 0 Å². The molecule has 0 aromatic heterocycles. The zero-order valence-corrected chi connectivity index (χ0v) is 11.7. The van der Waals surface area contributed by atoms with Gasteiger partial charge in [0.2, 0.25) is 5.60 Å². The molecule has 112 valence electrons. The van der Waals surface area contributed by atoms with Crippen LogP contribution in [0.1, 0.15) is 41.0 Å². The Hall–Kier alpha value is -1.27. The van der Waals surface area contributed by atoms with Gasteiger partial charge < -0.3 is 9.47 Å². The van der Waals surface area contributed by atoms with Crippen LogP contribution in [0.15, 0.2) is 0 Å². The van der Waals surface area contributed by atoms with E-state index in [0.717, 1.165) is 6.92 Å². The summed E-state index contributed by atoms with van der Waals surface area (Å²) in [6.07, 6.45) is -4.41. The fraction of sp³-hybridized carbons (Fsp3) is 0.833. The second-order valence-corrected chi connectivity index (χ2v) is 5.14. The van der Waals surface area contributed by atoms with Gasteiger partial charge in [-0.25, -0.2) is 0 Å². The van der Waals surface area contributed by atoms with Crippen molar-refractivity contribution in [3.8, 4) is 0 Å². The van der Waals surface area contributed by atoms with Gasteiger partial charge in [-0.3, -0.25) is 9.59 Å². The number of alkyl halides is 3. The van der Waals surface area contributed by atoms with E-state index in [2.05, 4.69) is 9.47 Å². The number of hydrogen-bond acceptors (Lipinski definition) is 4. The monoisotopic (exact) mass is 284 g/mol. The van der Waals surface area contributed by atoms with Crippen molar-refractivity contribution in [3.05, 3.63) is 0 Å². The van der Waals surface area contributed by atoms with Crippen molar-refractivity contribution in [2.45, 2.75) is 52.8 Å². The highest BCUT2D eigenvalue weighted by Crippen LogP contribution is 2.34. The van der Waals surface area contributed by atoms with E-state index < -0.39 is 35.7 Å². The summed E-state index contributed by atoms with van der Waals surface area (Å²) in [7, 11) is 0. The lowest BCUT2D eigenvalue weighted by Gasteiger charge is -2.32. The molecule has 0 amide bonds. The Balaban J connectivity index is 4.88. The average molecular weight is 284 g/mol. The Morgan fingerprint density at radius 2 is 1.58 bits per heavy atom. The number of ether oxygens (including phenoxy) is 2. The molecule has 0 aliphatic rings. The number of carbonyl (C=O) groups is 2. The summed E-state index contributed by atoms with van der Waals surface area (Å²) < 4.78 is 47.4. The number of esters is 2. The molecule has 0 aromatic carbocycles. The molecule has 1 atom stereocenters.